The highest BCUT2D eigenvalue weighted by molar-refractivity contribution is 5.96. The summed E-state index contributed by atoms with van der Waals surface area (Å²) >= 11 is 0. The van der Waals surface area contributed by atoms with Crippen molar-refractivity contribution in [1.82, 2.24) is 5.32 Å². The average Bonchev–Trinajstić information content (AvgIpc) is 2.79. The second-order valence-corrected chi connectivity index (χ2v) is 7.05. The van der Waals surface area contributed by atoms with E-state index in [-0.39, 0.29) is 31.1 Å². The lowest BCUT2D eigenvalue weighted by atomic mass is 10.1. The molecule has 0 saturated carbocycles. The topological polar surface area (TPSA) is 153 Å². The van der Waals surface area contributed by atoms with Crippen LogP contribution in [0.1, 0.15) is 36.6 Å². The Hall–Kier alpha value is -3.99. The van der Waals surface area contributed by atoms with E-state index in [4.69, 9.17) is 20.6 Å². The summed E-state index contributed by atoms with van der Waals surface area (Å²) in [6.45, 7) is 2.62. The van der Waals surface area contributed by atoms with Crippen molar-refractivity contribution in [3.63, 3.8) is 0 Å². The maximum atomic E-state index is 14.5. The zero-order chi connectivity index (χ0) is 25.3. The van der Waals surface area contributed by atoms with Crippen molar-refractivity contribution in [2.75, 3.05) is 25.6 Å². The van der Waals surface area contributed by atoms with E-state index in [0.29, 0.717) is 22.6 Å². The van der Waals surface area contributed by atoms with Crippen molar-refractivity contribution < 1.29 is 33.0 Å². The molecule has 0 spiro atoms. The minimum absolute atomic E-state index is 0.0115. The minimum Gasteiger partial charge on any atom is -0.497 e. The molecule has 0 aromatic heterocycles. The molecule has 0 heterocycles. The van der Waals surface area contributed by atoms with Crippen LogP contribution in [0, 0.1) is 11.2 Å². The zero-order valence-electron chi connectivity index (χ0n) is 19.1. The van der Waals surface area contributed by atoms with E-state index >= 15 is 0 Å². The van der Waals surface area contributed by atoms with Crippen molar-refractivity contribution in [3.8, 4) is 5.75 Å². The van der Waals surface area contributed by atoms with Crippen molar-refractivity contribution in [2.45, 2.75) is 26.5 Å². The highest BCUT2D eigenvalue weighted by Gasteiger charge is 2.25. The van der Waals surface area contributed by atoms with Crippen LogP contribution in [0.3, 0.4) is 0 Å². The van der Waals surface area contributed by atoms with Gasteiger partial charge in [0.15, 0.2) is 6.10 Å². The van der Waals surface area contributed by atoms with Gasteiger partial charge >= 0.3 is 11.9 Å². The molecule has 0 aliphatic rings. The van der Waals surface area contributed by atoms with Crippen LogP contribution >= 0.6 is 0 Å². The van der Waals surface area contributed by atoms with Crippen LogP contribution in [-0.2, 0) is 30.4 Å². The van der Waals surface area contributed by atoms with Gasteiger partial charge in [-0.3, -0.25) is 15.0 Å². The number of benzene rings is 2. The fourth-order valence-electron chi connectivity index (χ4n) is 3.02. The third-order valence-electron chi connectivity index (χ3n) is 4.62. The number of esters is 2. The van der Waals surface area contributed by atoms with Gasteiger partial charge in [-0.25, -0.2) is 9.18 Å². The maximum absolute atomic E-state index is 14.5. The Morgan fingerprint density at radius 1 is 1.18 bits per heavy atom. The lowest BCUT2D eigenvalue weighted by molar-refractivity contribution is -0.156. The fourth-order valence-corrected chi connectivity index (χ4v) is 3.02. The van der Waals surface area contributed by atoms with Gasteiger partial charge in [0.05, 0.1) is 7.11 Å². The number of carbonyl (C=O) groups is 3. The maximum Gasteiger partial charge on any atom is 0.332 e. The number of nitrogens with one attached hydrogen (secondary N) is 3. The molecule has 2 rings (SSSR count). The van der Waals surface area contributed by atoms with Crippen LogP contribution < -0.4 is 21.1 Å². The van der Waals surface area contributed by atoms with E-state index in [0.717, 1.165) is 13.0 Å². The van der Waals surface area contributed by atoms with Crippen LogP contribution in [0.5, 0.6) is 5.75 Å². The van der Waals surface area contributed by atoms with Gasteiger partial charge in [0.25, 0.3) is 5.91 Å². The second-order valence-electron chi connectivity index (χ2n) is 7.05. The Labute approximate surface area is 196 Å². The van der Waals surface area contributed by atoms with Crippen molar-refractivity contribution in [2.24, 2.45) is 5.73 Å². The number of halogens is 1. The Balaban J connectivity index is 2.20. The quantitative estimate of drug-likeness (QED) is 0.167. The molecule has 5 N–H and O–H groups in total. The predicted molar refractivity (Wildman–Crippen MR) is 122 cm³/mol. The number of amides is 1. The van der Waals surface area contributed by atoms with E-state index in [1.165, 1.54) is 25.3 Å². The number of amidine groups is 1. The summed E-state index contributed by atoms with van der Waals surface area (Å²) in [6, 6.07) is 8.82. The molecule has 0 fully saturated rings. The Bertz CT molecular complexity index is 1080. The molecular weight excluding hydrogens is 447 g/mol. The van der Waals surface area contributed by atoms with Crippen LogP contribution in [0.4, 0.5) is 10.1 Å². The van der Waals surface area contributed by atoms with Crippen molar-refractivity contribution >= 4 is 29.4 Å². The molecule has 2 aromatic carbocycles. The number of nitrogens with two attached hydrogens (primary N) is 1. The Morgan fingerprint density at radius 2 is 1.91 bits per heavy atom. The number of carbonyl (C=O) groups excluding carboxylic acids is 3. The fraction of sp³-hybridized carbons (Fsp3) is 0.304. The molecule has 34 heavy (non-hydrogen) atoms. The van der Waals surface area contributed by atoms with Gasteiger partial charge in [-0.05, 0) is 30.7 Å². The Morgan fingerprint density at radius 3 is 2.50 bits per heavy atom. The van der Waals surface area contributed by atoms with Gasteiger partial charge in [0.1, 0.15) is 23.9 Å². The number of rotatable bonds is 11. The molecule has 182 valence electrons. The van der Waals surface area contributed by atoms with Gasteiger partial charge in [0, 0.05) is 43.0 Å². The number of hydrogen-bond donors (Lipinski definition) is 4. The molecular formula is C23H27FN4O6. The van der Waals surface area contributed by atoms with Crippen molar-refractivity contribution in [1.29, 1.82) is 5.41 Å². The summed E-state index contributed by atoms with van der Waals surface area (Å²) in [4.78, 5) is 35.5. The van der Waals surface area contributed by atoms with E-state index < -0.39 is 29.8 Å². The average molecular weight is 474 g/mol. The van der Waals surface area contributed by atoms with E-state index in [9.17, 15) is 18.8 Å². The first-order chi connectivity index (χ1) is 16.2. The summed E-state index contributed by atoms with van der Waals surface area (Å²) < 4.78 is 29.5. The lowest BCUT2D eigenvalue weighted by Gasteiger charge is -2.19. The highest BCUT2D eigenvalue weighted by Crippen LogP contribution is 2.25. The van der Waals surface area contributed by atoms with Gasteiger partial charge in [-0.15, -0.1) is 0 Å². The van der Waals surface area contributed by atoms with E-state index in [1.54, 1.807) is 19.1 Å². The smallest absolute Gasteiger partial charge is 0.332 e. The number of anilines is 1. The standard InChI is InChI=1S/C23H27FN4O6/c1-4-33-21(17-8-7-16(32-3)10-18(17)24)23(31)28-11-15-6-5-14(22(25)26)9-19(15)27-12-20(30)34-13(2)29/h5-10,21,27H,4,11-12H2,1-3H3,(H3,25,26)(H,28,31). The summed E-state index contributed by atoms with van der Waals surface area (Å²) in [6.07, 6.45) is -1.20. The predicted octanol–water partition coefficient (Wildman–Crippen LogP) is 2.01. The van der Waals surface area contributed by atoms with Crippen LogP contribution in [-0.4, -0.2) is 43.9 Å². The molecule has 0 radical (unpaired) electrons. The Kier molecular flexibility index (Phi) is 9.50. The van der Waals surface area contributed by atoms with Gasteiger partial charge in [-0.2, -0.15) is 0 Å². The summed E-state index contributed by atoms with van der Waals surface area (Å²) in [7, 11) is 1.41. The summed E-state index contributed by atoms with van der Waals surface area (Å²) in [5.41, 5.74) is 6.90. The molecule has 0 aliphatic heterocycles. The number of methoxy groups -OCH3 is 1. The van der Waals surface area contributed by atoms with Crippen LogP contribution in [0.15, 0.2) is 36.4 Å². The monoisotopic (exact) mass is 474 g/mol. The molecule has 1 unspecified atom stereocenters. The molecule has 2 aromatic rings. The summed E-state index contributed by atoms with van der Waals surface area (Å²) in [5, 5.41) is 13.1. The SMILES string of the molecule is CCOC(C(=O)NCc1ccc(C(=N)N)cc1NCC(=O)OC(C)=O)c1ccc(OC)cc1F. The molecule has 0 bridgehead atoms. The second kappa shape index (κ2) is 12.3. The van der Waals surface area contributed by atoms with Crippen LogP contribution in [0.25, 0.3) is 0 Å². The zero-order valence-corrected chi connectivity index (χ0v) is 19.1. The van der Waals surface area contributed by atoms with E-state index in [1.807, 2.05) is 0 Å². The molecule has 11 heteroatoms. The first kappa shape index (κ1) is 26.3. The number of nitrogen functional groups attached to an aromatic ring is 1. The third kappa shape index (κ3) is 7.27. The van der Waals surface area contributed by atoms with Gasteiger partial charge < -0.3 is 30.6 Å². The van der Waals surface area contributed by atoms with E-state index in [2.05, 4.69) is 15.4 Å². The van der Waals surface area contributed by atoms with Crippen molar-refractivity contribution in [3.05, 3.63) is 58.9 Å². The number of ether oxygens (including phenoxy) is 3. The molecule has 10 nitrogen and oxygen atoms in total. The van der Waals surface area contributed by atoms with Gasteiger partial charge in [-0.1, -0.05) is 12.1 Å². The lowest BCUT2D eigenvalue weighted by Crippen LogP contribution is -2.31. The minimum atomic E-state index is -1.20. The molecule has 0 aliphatic carbocycles. The number of hydrogen-bond acceptors (Lipinski definition) is 8. The largest absolute Gasteiger partial charge is 0.497 e. The first-order valence-electron chi connectivity index (χ1n) is 10.3. The molecule has 1 atom stereocenters. The first-order valence-corrected chi connectivity index (χ1v) is 10.3. The molecule has 0 saturated heterocycles. The highest BCUT2D eigenvalue weighted by atomic mass is 19.1. The van der Waals surface area contributed by atoms with Crippen LogP contribution in [0.2, 0.25) is 0 Å². The van der Waals surface area contributed by atoms with Gasteiger partial charge in [0.2, 0.25) is 0 Å². The molecule has 1 amide bonds. The summed E-state index contributed by atoms with van der Waals surface area (Å²) in [5.74, 6) is -2.67. The third-order valence-corrected chi connectivity index (χ3v) is 4.62. The normalized spacial score (nSPS) is 11.3.